The van der Waals surface area contributed by atoms with Gasteiger partial charge < -0.3 is 11.1 Å². The number of primary amides is 1. The molecule has 0 radical (unpaired) electrons. The number of rotatable bonds is 8. The molecular weight excluding hydrogens is 282 g/mol. The van der Waals surface area contributed by atoms with Crippen LogP contribution >= 0.6 is 11.8 Å². The van der Waals surface area contributed by atoms with Gasteiger partial charge in [0.2, 0.25) is 5.91 Å². The summed E-state index contributed by atoms with van der Waals surface area (Å²) in [5.74, 6) is -1.25. The average Bonchev–Trinajstić information content (AvgIpc) is 2.41. The summed E-state index contributed by atoms with van der Waals surface area (Å²) in [5, 5.41) is 2.93. The average molecular weight is 302 g/mol. The molecule has 0 aliphatic heterocycles. The molecule has 1 unspecified atom stereocenters. The van der Waals surface area contributed by atoms with Gasteiger partial charge in [-0.15, -0.1) is 11.8 Å². The van der Waals surface area contributed by atoms with Gasteiger partial charge in [-0.25, -0.2) is 8.78 Å². The number of unbranched alkanes of at least 4 members (excludes halogenated alkanes) is 1. The third-order valence-electron chi connectivity index (χ3n) is 3.33. The number of thioether (sulfide) groups is 1. The van der Waals surface area contributed by atoms with Crippen LogP contribution in [0.25, 0.3) is 0 Å². The number of nitrogens with two attached hydrogens (primary N) is 1. The maximum Gasteiger partial charge on any atom is 0.237 e. The van der Waals surface area contributed by atoms with Crippen LogP contribution in [-0.4, -0.2) is 24.2 Å². The molecule has 3 nitrogen and oxygen atoms in total. The van der Waals surface area contributed by atoms with Gasteiger partial charge in [0.25, 0.3) is 0 Å². The van der Waals surface area contributed by atoms with E-state index in [0.717, 1.165) is 24.7 Å². The van der Waals surface area contributed by atoms with E-state index < -0.39 is 17.2 Å². The molecule has 1 aromatic carbocycles. The second-order valence-electron chi connectivity index (χ2n) is 4.83. The van der Waals surface area contributed by atoms with E-state index in [4.69, 9.17) is 5.73 Å². The van der Waals surface area contributed by atoms with Crippen LogP contribution < -0.4 is 11.1 Å². The first kappa shape index (κ1) is 16.9. The van der Waals surface area contributed by atoms with Crippen LogP contribution in [0.3, 0.4) is 0 Å². The molecule has 0 saturated carbocycles. The number of carbonyl (C=O) groups is 1. The molecule has 3 N–H and O–H groups in total. The van der Waals surface area contributed by atoms with Crippen LogP contribution in [0.15, 0.2) is 23.1 Å². The van der Waals surface area contributed by atoms with Crippen LogP contribution in [-0.2, 0) is 4.79 Å². The summed E-state index contributed by atoms with van der Waals surface area (Å²) in [6.45, 7) is 1.78. The Labute approximate surface area is 122 Å². The summed E-state index contributed by atoms with van der Waals surface area (Å²) in [4.78, 5) is 12.0. The lowest BCUT2D eigenvalue weighted by atomic mass is 9.94. The van der Waals surface area contributed by atoms with Crippen molar-refractivity contribution in [1.29, 1.82) is 0 Å². The van der Waals surface area contributed by atoms with Crippen molar-refractivity contribution in [2.45, 2.75) is 36.6 Å². The van der Waals surface area contributed by atoms with Gasteiger partial charge in [0.15, 0.2) is 11.6 Å². The van der Waals surface area contributed by atoms with Crippen molar-refractivity contribution >= 4 is 17.7 Å². The monoisotopic (exact) mass is 302 g/mol. The summed E-state index contributed by atoms with van der Waals surface area (Å²) >= 11 is 1.47. The second-order valence-corrected chi connectivity index (χ2v) is 6.00. The maximum atomic E-state index is 13.0. The van der Waals surface area contributed by atoms with E-state index in [1.54, 1.807) is 20.0 Å². The van der Waals surface area contributed by atoms with Crippen LogP contribution in [0.4, 0.5) is 8.78 Å². The minimum atomic E-state index is -0.833. The zero-order chi connectivity index (χ0) is 15.2. The number of halogens is 2. The largest absolute Gasteiger partial charge is 0.368 e. The fraction of sp³-hybridized carbons (Fsp3) is 0.500. The van der Waals surface area contributed by atoms with Crippen molar-refractivity contribution in [2.75, 3.05) is 12.8 Å². The number of hydrogen-bond acceptors (Lipinski definition) is 3. The van der Waals surface area contributed by atoms with Crippen molar-refractivity contribution in [3.05, 3.63) is 29.8 Å². The minimum Gasteiger partial charge on any atom is -0.368 e. The highest BCUT2D eigenvalue weighted by atomic mass is 32.2. The Morgan fingerprint density at radius 3 is 2.60 bits per heavy atom. The standard InChI is InChI=1S/C14H20F2N2OS/c1-14(18-2,13(17)19)7-3-4-8-20-10-5-6-11(15)12(16)9-10/h5-6,9,18H,3-4,7-8H2,1-2H3,(H2,17,19). The summed E-state index contributed by atoms with van der Waals surface area (Å²) in [5.41, 5.74) is 4.65. The van der Waals surface area contributed by atoms with Gasteiger partial charge in [0.1, 0.15) is 0 Å². The molecule has 1 amide bonds. The summed E-state index contributed by atoms with van der Waals surface area (Å²) in [7, 11) is 1.71. The van der Waals surface area contributed by atoms with Crippen molar-refractivity contribution in [1.82, 2.24) is 5.32 Å². The molecule has 0 aromatic heterocycles. The Hall–Kier alpha value is -1.14. The minimum absolute atomic E-state index is 0.367. The topological polar surface area (TPSA) is 55.1 Å². The van der Waals surface area contributed by atoms with E-state index in [9.17, 15) is 13.6 Å². The number of likely N-dealkylation sites (N-methyl/N-ethyl adjacent to an activating group) is 1. The van der Waals surface area contributed by atoms with Crippen LogP contribution in [0, 0.1) is 11.6 Å². The van der Waals surface area contributed by atoms with Crippen LogP contribution in [0.1, 0.15) is 26.2 Å². The van der Waals surface area contributed by atoms with E-state index in [1.165, 1.54) is 17.8 Å². The highest BCUT2D eigenvalue weighted by Crippen LogP contribution is 2.22. The van der Waals surface area contributed by atoms with E-state index in [1.807, 2.05) is 0 Å². The highest BCUT2D eigenvalue weighted by Gasteiger charge is 2.27. The van der Waals surface area contributed by atoms with Gasteiger partial charge in [-0.1, -0.05) is 6.42 Å². The van der Waals surface area contributed by atoms with Gasteiger partial charge in [-0.05, 0) is 50.8 Å². The van der Waals surface area contributed by atoms with Crippen LogP contribution in [0.2, 0.25) is 0 Å². The highest BCUT2D eigenvalue weighted by molar-refractivity contribution is 7.99. The molecule has 0 aliphatic carbocycles. The SMILES string of the molecule is CNC(C)(CCCCSc1ccc(F)c(F)c1)C(N)=O. The number of carbonyl (C=O) groups excluding carboxylic acids is 1. The lowest BCUT2D eigenvalue weighted by Gasteiger charge is -2.25. The third kappa shape index (κ3) is 4.76. The normalized spacial score (nSPS) is 14.0. The Balaban J connectivity index is 2.31. The summed E-state index contributed by atoms with van der Waals surface area (Å²) in [6.07, 6.45) is 2.35. The molecule has 1 atom stereocenters. The van der Waals surface area contributed by atoms with Crippen molar-refractivity contribution in [3.8, 4) is 0 Å². The molecule has 0 heterocycles. The summed E-state index contributed by atoms with van der Waals surface area (Å²) < 4.78 is 25.8. The zero-order valence-electron chi connectivity index (χ0n) is 11.7. The van der Waals surface area contributed by atoms with Gasteiger partial charge in [-0.3, -0.25) is 4.79 Å². The van der Waals surface area contributed by atoms with E-state index >= 15 is 0 Å². The van der Waals surface area contributed by atoms with Crippen molar-refractivity contribution in [2.24, 2.45) is 5.73 Å². The van der Waals surface area contributed by atoms with E-state index in [2.05, 4.69) is 5.32 Å². The molecule has 1 aromatic rings. The Morgan fingerprint density at radius 1 is 1.35 bits per heavy atom. The Bertz CT molecular complexity index is 470. The van der Waals surface area contributed by atoms with Gasteiger partial charge in [0, 0.05) is 4.90 Å². The second kappa shape index (κ2) is 7.59. The zero-order valence-corrected chi connectivity index (χ0v) is 12.5. The molecule has 0 saturated heterocycles. The lowest BCUT2D eigenvalue weighted by Crippen LogP contribution is -2.51. The van der Waals surface area contributed by atoms with Crippen molar-refractivity contribution in [3.63, 3.8) is 0 Å². The first-order chi connectivity index (χ1) is 9.39. The van der Waals surface area contributed by atoms with E-state index in [0.29, 0.717) is 11.3 Å². The fourth-order valence-corrected chi connectivity index (χ4v) is 2.64. The van der Waals surface area contributed by atoms with E-state index in [-0.39, 0.29) is 5.91 Å². The molecule has 0 bridgehead atoms. The van der Waals surface area contributed by atoms with Crippen molar-refractivity contribution < 1.29 is 13.6 Å². The Morgan fingerprint density at radius 2 is 2.05 bits per heavy atom. The number of hydrogen-bond donors (Lipinski definition) is 2. The molecule has 0 spiro atoms. The number of benzene rings is 1. The van der Waals surface area contributed by atoms with Gasteiger partial charge >= 0.3 is 0 Å². The number of nitrogens with one attached hydrogen (secondary N) is 1. The molecular formula is C14H20F2N2OS. The molecule has 20 heavy (non-hydrogen) atoms. The fourth-order valence-electron chi connectivity index (χ4n) is 1.71. The predicted molar refractivity (Wildman–Crippen MR) is 77.6 cm³/mol. The van der Waals surface area contributed by atoms with Gasteiger partial charge in [-0.2, -0.15) is 0 Å². The first-order valence-corrected chi connectivity index (χ1v) is 7.44. The Kier molecular flexibility index (Phi) is 6.42. The molecule has 112 valence electrons. The lowest BCUT2D eigenvalue weighted by molar-refractivity contribution is -0.123. The third-order valence-corrected chi connectivity index (χ3v) is 4.41. The molecule has 6 heteroatoms. The smallest absolute Gasteiger partial charge is 0.237 e. The quantitative estimate of drug-likeness (QED) is 0.573. The van der Waals surface area contributed by atoms with Gasteiger partial charge in [0.05, 0.1) is 5.54 Å². The molecule has 0 fully saturated rings. The maximum absolute atomic E-state index is 13.0. The summed E-state index contributed by atoms with van der Waals surface area (Å²) in [6, 6.07) is 3.88. The first-order valence-electron chi connectivity index (χ1n) is 6.46. The molecule has 1 rings (SSSR count). The molecule has 0 aliphatic rings. The van der Waals surface area contributed by atoms with Crippen LogP contribution in [0.5, 0.6) is 0 Å². The predicted octanol–water partition coefficient (Wildman–Crippen LogP) is 2.69. The number of amides is 1.